The number of carbonyl (C=O) groups excluding carboxylic acids is 2. The summed E-state index contributed by atoms with van der Waals surface area (Å²) in [5.41, 5.74) is 1.02. The molecule has 5 nitrogen and oxygen atoms in total. The molecule has 0 bridgehead atoms. The monoisotopic (exact) mass is 366 g/mol. The normalized spacial score (nSPS) is 10.1. The number of nitrogens with one attached hydrogen (secondary N) is 1. The molecule has 0 aliphatic heterocycles. The van der Waals surface area contributed by atoms with E-state index in [0.717, 1.165) is 5.69 Å². The van der Waals surface area contributed by atoms with Gasteiger partial charge in [0.2, 0.25) is 0 Å². The molecule has 114 valence electrons. The molecule has 1 heterocycles. The van der Waals surface area contributed by atoms with E-state index in [2.05, 4.69) is 26.2 Å². The van der Waals surface area contributed by atoms with Gasteiger partial charge in [0.05, 0.1) is 11.3 Å². The van der Waals surface area contributed by atoms with Crippen molar-refractivity contribution < 1.29 is 18.7 Å². The molecule has 1 amide bonds. The van der Waals surface area contributed by atoms with Gasteiger partial charge in [-0.05, 0) is 37.3 Å². The molecule has 0 spiro atoms. The third kappa shape index (κ3) is 4.36. The van der Waals surface area contributed by atoms with Gasteiger partial charge in [0.15, 0.2) is 6.61 Å². The Bertz CT molecular complexity index is 704. The Balaban J connectivity index is 1.89. The lowest BCUT2D eigenvalue weighted by atomic mass is 10.2. The van der Waals surface area contributed by atoms with Gasteiger partial charge in [0.1, 0.15) is 5.82 Å². The largest absolute Gasteiger partial charge is 0.452 e. The van der Waals surface area contributed by atoms with E-state index in [0.29, 0.717) is 4.47 Å². The number of aryl methyl sites for hydroxylation is 1. The molecule has 1 N–H and O–H groups in total. The molecule has 0 saturated carbocycles. The second-order valence-corrected chi connectivity index (χ2v) is 5.35. The van der Waals surface area contributed by atoms with Gasteiger partial charge in [-0.3, -0.25) is 9.78 Å². The first kappa shape index (κ1) is 16.1. The van der Waals surface area contributed by atoms with Gasteiger partial charge in [0, 0.05) is 16.4 Å². The van der Waals surface area contributed by atoms with Crippen LogP contribution in [0.5, 0.6) is 0 Å². The van der Waals surface area contributed by atoms with Gasteiger partial charge in [-0.2, -0.15) is 0 Å². The average molecular weight is 367 g/mol. The van der Waals surface area contributed by atoms with Crippen LogP contribution in [0.25, 0.3) is 0 Å². The second kappa shape index (κ2) is 7.13. The molecule has 22 heavy (non-hydrogen) atoms. The van der Waals surface area contributed by atoms with Crippen molar-refractivity contribution in [3.05, 3.63) is 58.1 Å². The van der Waals surface area contributed by atoms with Crippen LogP contribution in [0.4, 0.5) is 10.1 Å². The quantitative estimate of drug-likeness (QED) is 0.844. The van der Waals surface area contributed by atoms with Crippen molar-refractivity contribution in [2.45, 2.75) is 6.92 Å². The number of hydrogen-bond donors (Lipinski definition) is 1. The van der Waals surface area contributed by atoms with Gasteiger partial charge < -0.3 is 10.1 Å². The number of hydrogen-bond acceptors (Lipinski definition) is 4. The fourth-order valence-corrected chi connectivity index (χ4v) is 1.91. The van der Waals surface area contributed by atoms with E-state index < -0.39 is 24.3 Å². The number of aromatic nitrogens is 1. The molecular weight excluding hydrogens is 355 g/mol. The minimum Gasteiger partial charge on any atom is -0.452 e. The first-order valence-electron chi connectivity index (χ1n) is 6.30. The molecule has 0 aliphatic rings. The average Bonchev–Trinajstić information content (AvgIpc) is 2.48. The number of halogens is 2. The third-order valence-electron chi connectivity index (χ3n) is 2.69. The van der Waals surface area contributed by atoms with Gasteiger partial charge in [-0.15, -0.1) is 0 Å². The lowest BCUT2D eigenvalue weighted by Crippen LogP contribution is -2.21. The summed E-state index contributed by atoms with van der Waals surface area (Å²) in [5.74, 6) is -1.88. The maximum Gasteiger partial charge on any atom is 0.340 e. The number of pyridine rings is 1. The van der Waals surface area contributed by atoms with Crippen molar-refractivity contribution in [1.82, 2.24) is 4.98 Å². The highest BCUT2D eigenvalue weighted by molar-refractivity contribution is 9.10. The number of benzene rings is 1. The fraction of sp³-hybridized carbons (Fsp3) is 0.133. The van der Waals surface area contributed by atoms with Gasteiger partial charge >= 0.3 is 5.97 Å². The Morgan fingerprint density at radius 1 is 1.32 bits per heavy atom. The predicted molar refractivity (Wildman–Crippen MR) is 82.0 cm³/mol. The molecular formula is C15H12BrFN2O3. The highest BCUT2D eigenvalue weighted by atomic mass is 79.9. The van der Waals surface area contributed by atoms with Crippen LogP contribution in [-0.4, -0.2) is 23.5 Å². The van der Waals surface area contributed by atoms with Crippen molar-refractivity contribution in [3.8, 4) is 0 Å². The number of esters is 1. The van der Waals surface area contributed by atoms with Crippen molar-refractivity contribution in [2.24, 2.45) is 0 Å². The molecule has 0 radical (unpaired) electrons. The minimum absolute atomic E-state index is 0.0150. The predicted octanol–water partition coefficient (Wildman–Crippen LogP) is 3.09. The molecule has 1 aromatic carbocycles. The molecule has 0 unspecified atom stereocenters. The van der Waals surface area contributed by atoms with Crippen LogP contribution < -0.4 is 5.32 Å². The molecule has 2 aromatic rings. The van der Waals surface area contributed by atoms with Crippen molar-refractivity contribution >= 4 is 33.5 Å². The standard InChI is InChI=1S/C15H12BrFN2O3/c1-9-2-3-10(7-18-9)15(21)22-8-14(20)19-13-5-4-11(16)6-12(13)17/h2-7H,8H2,1H3,(H,19,20). The third-order valence-corrected chi connectivity index (χ3v) is 3.18. The van der Waals surface area contributed by atoms with Crippen LogP contribution in [0.3, 0.4) is 0 Å². The molecule has 0 atom stereocenters. The Kier molecular flexibility index (Phi) is 5.21. The summed E-state index contributed by atoms with van der Waals surface area (Å²) in [4.78, 5) is 27.3. The number of ether oxygens (including phenoxy) is 1. The number of rotatable bonds is 4. The maximum absolute atomic E-state index is 13.6. The molecule has 0 fully saturated rings. The molecule has 1 aromatic heterocycles. The van der Waals surface area contributed by atoms with E-state index in [1.165, 1.54) is 18.3 Å². The number of anilines is 1. The Labute approximate surface area is 134 Å². The summed E-state index contributed by atoms with van der Waals surface area (Å²) in [6.07, 6.45) is 1.37. The summed E-state index contributed by atoms with van der Waals surface area (Å²) >= 11 is 3.12. The maximum atomic E-state index is 13.6. The zero-order chi connectivity index (χ0) is 16.1. The minimum atomic E-state index is -0.668. The van der Waals surface area contributed by atoms with Crippen LogP contribution in [0, 0.1) is 12.7 Å². The molecule has 0 aliphatic carbocycles. The van der Waals surface area contributed by atoms with Crippen molar-refractivity contribution in [3.63, 3.8) is 0 Å². The first-order valence-corrected chi connectivity index (χ1v) is 7.09. The number of amides is 1. The lowest BCUT2D eigenvalue weighted by molar-refractivity contribution is -0.119. The van der Waals surface area contributed by atoms with Crippen LogP contribution >= 0.6 is 15.9 Å². The molecule has 0 saturated heterocycles. The molecule has 7 heteroatoms. The summed E-state index contributed by atoms with van der Waals surface area (Å²) in [6.45, 7) is 1.28. The van der Waals surface area contributed by atoms with Crippen LogP contribution in [0.15, 0.2) is 41.0 Å². The van der Waals surface area contributed by atoms with E-state index >= 15 is 0 Å². The Hall–Kier alpha value is -2.28. The molecule has 2 rings (SSSR count). The van der Waals surface area contributed by atoms with Gasteiger partial charge in [-0.1, -0.05) is 15.9 Å². The summed E-state index contributed by atoms with van der Waals surface area (Å²) in [7, 11) is 0. The van der Waals surface area contributed by atoms with Gasteiger partial charge in [-0.25, -0.2) is 9.18 Å². The summed E-state index contributed by atoms with van der Waals surface area (Å²) in [5, 5.41) is 2.33. The smallest absolute Gasteiger partial charge is 0.340 e. The highest BCUT2D eigenvalue weighted by Crippen LogP contribution is 2.19. The zero-order valence-corrected chi connectivity index (χ0v) is 13.2. The Morgan fingerprint density at radius 3 is 2.73 bits per heavy atom. The summed E-state index contributed by atoms with van der Waals surface area (Å²) in [6, 6.07) is 7.43. The van der Waals surface area contributed by atoms with E-state index in [4.69, 9.17) is 4.74 Å². The number of nitrogens with zero attached hydrogens (tertiary/aromatic N) is 1. The van der Waals surface area contributed by atoms with Crippen LogP contribution in [-0.2, 0) is 9.53 Å². The van der Waals surface area contributed by atoms with Crippen molar-refractivity contribution in [1.29, 1.82) is 0 Å². The zero-order valence-electron chi connectivity index (χ0n) is 11.6. The highest BCUT2D eigenvalue weighted by Gasteiger charge is 2.12. The van der Waals surface area contributed by atoms with Crippen LogP contribution in [0.2, 0.25) is 0 Å². The van der Waals surface area contributed by atoms with E-state index in [1.807, 2.05) is 0 Å². The van der Waals surface area contributed by atoms with E-state index in [-0.39, 0.29) is 11.3 Å². The second-order valence-electron chi connectivity index (χ2n) is 4.44. The van der Waals surface area contributed by atoms with Crippen LogP contribution in [0.1, 0.15) is 16.1 Å². The fourth-order valence-electron chi connectivity index (χ4n) is 1.58. The Morgan fingerprint density at radius 2 is 2.09 bits per heavy atom. The topological polar surface area (TPSA) is 68.3 Å². The first-order chi connectivity index (χ1) is 10.5. The van der Waals surface area contributed by atoms with E-state index in [1.54, 1.807) is 25.1 Å². The van der Waals surface area contributed by atoms with Gasteiger partial charge in [0.25, 0.3) is 5.91 Å². The summed E-state index contributed by atoms with van der Waals surface area (Å²) < 4.78 is 19.0. The lowest BCUT2D eigenvalue weighted by Gasteiger charge is -2.07. The SMILES string of the molecule is Cc1ccc(C(=O)OCC(=O)Nc2ccc(Br)cc2F)cn1. The number of carbonyl (C=O) groups is 2. The van der Waals surface area contributed by atoms with Crippen molar-refractivity contribution in [2.75, 3.05) is 11.9 Å². The van der Waals surface area contributed by atoms with E-state index in [9.17, 15) is 14.0 Å².